The molecule has 32 heavy (non-hydrogen) atoms. The third-order valence-corrected chi connectivity index (χ3v) is 13.3. The molecule has 4 fully saturated rings. The summed E-state index contributed by atoms with van der Waals surface area (Å²) in [5.74, 6) is 2.85. The van der Waals surface area contributed by atoms with Crippen LogP contribution in [0, 0.1) is 56.7 Å². The molecule has 4 saturated carbocycles. The summed E-state index contributed by atoms with van der Waals surface area (Å²) >= 11 is 0. The van der Waals surface area contributed by atoms with Crippen molar-refractivity contribution in [3.8, 4) is 0 Å². The first-order valence-corrected chi connectivity index (χ1v) is 13.8. The van der Waals surface area contributed by atoms with Gasteiger partial charge in [-0.15, -0.1) is 0 Å². The van der Waals surface area contributed by atoms with E-state index in [0.717, 1.165) is 18.8 Å². The maximum Gasteiger partial charge on any atom is 0.0762 e. The first-order chi connectivity index (χ1) is 14.7. The van der Waals surface area contributed by atoms with Crippen molar-refractivity contribution in [1.29, 1.82) is 0 Å². The van der Waals surface area contributed by atoms with Gasteiger partial charge in [0.2, 0.25) is 0 Å². The van der Waals surface area contributed by atoms with Crippen LogP contribution < -0.4 is 0 Å². The molecule has 2 nitrogen and oxygen atoms in total. The molecule has 0 unspecified atom stereocenters. The van der Waals surface area contributed by atoms with Gasteiger partial charge in [-0.25, -0.2) is 0 Å². The number of aliphatic hydroxyl groups excluding tert-OH is 2. The maximum atomic E-state index is 12.0. The molecule has 0 aromatic heterocycles. The lowest BCUT2D eigenvalue weighted by Gasteiger charge is -2.72. The summed E-state index contributed by atoms with van der Waals surface area (Å²) in [7, 11) is 0. The summed E-state index contributed by atoms with van der Waals surface area (Å²) in [6, 6.07) is 0. The van der Waals surface area contributed by atoms with Gasteiger partial charge in [-0.3, -0.25) is 0 Å². The minimum absolute atomic E-state index is 0.0720. The molecule has 0 aromatic carbocycles. The number of fused-ring (bicyclic) bond motifs is 7. The summed E-state index contributed by atoms with van der Waals surface area (Å²) in [5, 5.41) is 22.8. The average Bonchev–Trinajstić information content (AvgIpc) is 2.70. The average molecular weight is 443 g/mol. The summed E-state index contributed by atoms with van der Waals surface area (Å²) < 4.78 is 0. The van der Waals surface area contributed by atoms with Crippen molar-refractivity contribution in [1.82, 2.24) is 0 Å². The fraction of sp³-hybridized carbons (Fsp3) is 0.933. The second-order valence-corrected chi connectivity index (χ2v) is 14.8. The van der Waals surface area contributed by atoms with Gasteiger partial charge < -0.3 is 10.2 Å². The van der Waals surface area contributed by atoms with Gasteiger partial charge in [0, 0.05) is 5.92 Å². The Morgan fingerprint density at radius 2 is 1.50 bits per heavy atom. The van der Waals surface area contributed by atoms with Crippen molar-refractivity contribution < 1.29 is 10.2 Å². The second kappa shape index (κ2) is 6.87. The Morgan fingerprint density at radius 3 is 2.19 bits per heavy atom. The molecule has 2 heteroatoms. The molecule has 5 rings (SSSR count). The molecular weight excluding hydrogens is 392 g/mol. The Morgan fingerprint density at radius 1 is 0.812 bits per heavy atom. The van der Waals surface area contributed by atoms with Gasteiger partial charge >= 0.3 is 0 Å². The quantitative estimate of drug-likeness (QED) is 0.397. The molecule has 0 aliphatic heterocycles. The first kappa shape index (κ1) is 23.4. The van der Waals surface area contributed by atoms with E-state index in [0.29, 0.717) is 23.2 Å². The van der Waals surface area contributed by atoms with Crippen molar-refractivity contribution in [2.75, 3.05) is 0 Å². The second-order valence-electron chi connectivity index (χ2n) is 14.8. The van der Waals surface area contributed by atoms with Crippen LogP contribution in [0.4, 0.5) is 0 Å². The van der Waals surface area contributed by atoms with Gasteiger partial charge in [0.15, 0.2) is 0 Å². The van der Waals surface area contributed by atoms with Crippen LogP contribution >= 0.6 is 0 Å². The largest absolute Gasteiger partial charge is 0.393 e. The van der Waals surface area contributed by atoms with E-state index in [1.54, 1.807) is 5.57 Å². The number of rotatable bonds is 0. The van der Waals surface area contributed by atoms with E-state index < -0.39 is 0 Å². The van der Waals surface area contributed by atoms with Crippen molar-refractivity contribution in [2.24, 2.45) is 56.7 Å². The van der Waals surface area contributed by atoms with Crippen LogP contribution in [-0.4, -0.2) is 22.4 Å². The molecule has 182 valence electrons. The van der Waals surface area contributed by atoms with Gasteiger partial charge in [0.25, 0.3) is 0 Å². The van der Waals surface area contributed by atoms with Crippen LogP contribution in [0.3, 0.4) is 0 Å². The fourth-order valence-corrected chi connectivity index (χ4v) is 10.9. The molecule has 5 aliphatic rings. The van der Waals surface area contributed by atoms with Gasteiger partial charge in [-0.2, -0.15) is 0 Å². The molecule has 0 heterocycles. The highest BCUT2D eigenvalue weighted by Crippen LogP contribution is 2.75. The highest BCUT2D eigenvalue weighted by atomic mass is 16.3. The van der Waals surface area contributed by atoms with E-state index in [9.17, 15) is 10.2 Å². The Hall–Kier alpha value is -0.340. The Bertz CT molecular complexity index is 814. The summed E-state index contributed by atoms with van der Waals surface area (Å²) in [4.78, 5) is 0. The van der Waals surface area contributed by atoms with Crippen molar-refractivity contribution >= 4 is 0 Å². The van der Waals surface area contributed by atoms with E-state index in [1.165, 1.54) is 38.5 Å². The number of aliphatic hydroxyl groups is 2. The molecule has 0 saturated heterocycles. The van der Waals surface area contributed by atoms with E-state index in [4.69, 9.17) is 0 Å². The Labute approximate surface area is 197 Å². The zero-order valence-corrected chi connectivity index (χ0v) is 22.2. The minimum atomic E-state index is -0.353. The number of allylic oxidation sites excluding steroid dienone is 1. The first-order valence-electron chi connectivity index (χ1n) is 13.8. The van der Waals surface area contributed by atoms with Gasteiger partial charge in [0.05, 0.1) is 12.2 Å². The third kappa shape index (κ3) is 2.66. The lowest BCUT2D eigenvalue weighted by Crippen LogP contribution is -2.67. The molecule has 0 spiro atoms. The molecule has 0 amide bonds. The van der Waals surface area contributed by atoms with E-state index in [-0.39, 0.29) is 39.8 Å². The monoisotopic (exact) mass is 442 g/mol. The topological polar surface area (TPSA) is 40.5 Å². The highest BCUT2D eigenvalue weighted by molar-refractivity contribution is 5.35. The Balaban J connectivity index is 1.63. The van der Waals surface area contributed by atoms with E-state index >= 15 is 0 Å². The van der Waals surface area contributed by atoms with Gasteiger partial charge in [-0.05, 0) is 102 Å². The predicted octanol–water partition coefficient (Wildman–Crippen LogP) is 7.00. The summed E-state index contributed by atoms with van der Waals surface area (Å²) in [5.41, 5.74) is 2.36. The van der Waals surface area contributed by atoms with Gasteiger partial charge in [-0.1, -0.05) is 67.0 Å². The minimum Gasteiger partial charge on any atom is -0.393 e. The lowest BCUT2D eigenvalue weighted by molar-refractivity contribution is -0.225. The highest BCUT2D eigenvalue weighted by Gasteiger charge is 2.69. The molecular formula is C30H50O2. The van der Waals surface area contributed by atoms with Crippen molar-refractivity contribution in [3.05, 3.63) is 11.6 Å². The maximum absolute atomic E-state index is 12.0. The molecule has 0 aromatic rings. The van der Waals surface area contributed by atoms with Crippen LogP contribution in [0.5, 0.6) is 0 Å². The third-order valence-electron chi connectivity index (χ3n) is 13.3. The summed E-state index contributed by atoms with van der Waals surface area (Å²) in [6.45, 7) is 19.7. The van der Waals surface area contributed by atoms with Crippen LogP contribution in [0.2, 0.25) is 0 Å². The SMILES string of the molecule is C[C@H]1[C@H](C)CC[C@]2(C)CC[C@]3(C)C(=C[C@@H](O)[C@@H]4[C@@]5(C)CC[C@@H](O)C(C)(C)[C@@H]5CC[C@]43C)[C@H]12. The molecule has 11 atom stereocenters. The van der Waals surface area contributed by atoms with Crippen molar-refractivity contribution in [3.63, 3.8) is 0 Å². The van der Waals surface area contributed by atoms with Crippen LogP contribution in [-0.2, 0) is 0 Å². The van der Waals surface area contributed by atoms with Crippen LogP contribution in [0.15, 0.2) is 11.6 Å². The van der Waals surface area contributed by atoms with Crippen molar-refractivity contribution in [2.45, 2.75) is 119 Å². The molecule has 5 aliphatic carbocycles. The standard InChI is InChI=1S/C30H50O2/c1-18-9-12-27(5)15-16-29(7)20(24(27)19(18)2)17-21(31)25-28(6)13-11-23(32)26(3,4)22(28)10-14-30(25,29)8/h17-19,21-25,31-32H,9-16H2,1-8H3/t18-,19+,21-,22+,23-,24+,25-,27-,28+,29-,30-/m1/s1. The molecule has 0 radical (unpaired) electrons. The van der Waals surface area contributed by atoms with Gasteiger partial charge in [0.1, 0.15) is 0 Å². The molecule has 2 N–H and O–H groups in total. The number of hydrogen-bond acceptors (Lipinski definition) is 2. The van der Waals surface area contributed by atoms with E-state index in [2.05, 4.69) is 61.5 Å². The Kier molecular flexibility index (Phi) is 5.02. The lowest BCUT2D eigenvalue weighted by atomic mass is 9.33. The summed E-state index contributed by atoms with van der Waals surface area (Å²) in [6.07, 6.45) is 11.5. The predicted molar refractivity (Wildman–Crippen MR) is 132 cm³/mol. The normalized spacial score (nSPS) is 59.2. The smallest absolute Gasteiger partial charge is 0.0762 e. The van der Waals surface area contributed by atoms with E-state index in [1.807, 2.05) is 0 Å². The zero-order valence-electron chi connectivity index (χ0n) is 22.2. The van der Waals surface area contributed by atoms with Crippen LogP contribution in [0.1, 0.15) is 107 Å². The molecule has 0 bridgehead atoms. The zero-order chi connectivity index (χ0) is 23.5. The fourth-order valence-electron chi connectivity index (χ4n) is 10.9. The van der Waals surface area contributed by atoms with Crippen LogP contribution in [0.25, 0.3) is 0 Å². The number of hydrogen-bond donors (Lipinski definition) is 2.